The van der Waals surface area contributed by atoms with E-state index in [0.29, 0.717) is 6.54 Å². The van der Waals surface area contributed by atoms with Gasteiger partial charge in [0.15, 0.2) is 5.65 Å². The monoisotopic (exact) mass is 330 g/mol. The molecule has 4 rings (SSSR count). The molecule has 1 aliphatic rings. The first kappa shape index (κ1) is 14.6. The van der Waals surface area contributed by atoms with Gasteiger partial charge in [0.2, 0.25) is 0 Å². The van der Waals surface area contributed by atoms with Gasteiger partial charge in [-0.25, -0.2) is 14.4 Å². The third kappa shape index (κ3) is 2.71. The van der Waals surface area contributed by atoms with Gasteiger partial charge in [0.1, 0.15) is 17.2 Å². The number of hydrogen-bond acceptors (Lipinski definition) is 3. The predicted octanol–water partition coefficient (Wildman–Crippen LogP) is 3.70. The van der Waals surface area contributed by atoms with Crippen molar-refractivity contribution in [3.63, 3.8) is 0 Å². The Hall–Kier alpha value is -1.98. The molecular weight excluding hydrogens is 315 g/mol. The first-order valence-electron chi connectivity index (χ1n) is 7.71. The standard InChI is InChI=1S/C17H16ClFN4/c18-12-9-11(5-6-13(12)19)10-23-16-15(4-2-8-21-16)22-17(23)14-3-1-7-20-14/h2,4-6,8-9,14,20H,1,3,7,10H2. The minimum Gasteiger partial charge on any atom is -0.307 e. The highest BCUT2D eigenvalue weighted by Gasteiger charge is 2.23. The number of hydrogen-bond donors (Lipinski definition) is 1. The zero-order valence-corrected chi connectivity index (χ0v) is 13.2. The highest BCUT2D eigenvalue weighted by molar-refractivity contribution is 6.30. The third-order valence-electron chi connectivity index (χ3n) is 4.23. The van der Waals surface area contributed by atoms with Crippen LogP contribution in [0, 0.1) is 5.82 Å². The molecule has 1 N–H and O–H groups in total. The van der Waals surface area contributed by atoms with Crippen molar-refractivity contribution in [1.29, 1.82) is 0 Å². The summed E-state index contributed by atoms with van der Waals surface area (Å²) in [7, 11) is 0. The number of pyridine rings is 1. The maximum absolute atomic E-state index is 13.4. The second-order valence-electron chi connectivity index (χ2n) is 5.80. The SMILES string of the molecule is Fc1ccc(Cn2c(C3CCCN3)nc3cccnc32)cc1Cl. The normalized spacial score (nSPS) is 17.9. The second-order valence-corrected chi connectivity index (χ2v) is 6.21. The molecule has 0 saturated carbocycles. The molecule has 1 aromatic carbocycles. The van der Waals surface area contributed by atoms with Crippen molar-refractivity contribution in [1.82, 2.24) is 19.9 Å². The van der Waals surface area contributed by atoms with Gasteiger partial charge in [-0.2, -0.15) is 0 Å². The second kappa shape index (κ2) is 5.91. The van der Waals surface area contributed by atoms with E-state index in [1.165, 1.54) is 6.07 Å². The van der Waals surface area contributed by atoms with E-state index in [1.54, 1.807) is 18.3 Å². The lowest BCUT2D eigenvalue weighted by molar-refractivity contribution is 0.569. The number of benzene rings is 1. The summed E-state index contributed by atoms with van der Waals surface area (Å²) in [6, 6.07) is 8.91. The Labute approximate surface area is 138 Å². The lowest BCUT2D eigenvalue weighted by Gasteiger charge is -2.14. The van der Waals surface area contributed by atoms with Crippen LogP contribution in [0.25, 0.3) is 11.2 Å². The molecule has 0 bridgehead atoms. The van der Waals surface area contributed by atoms with Gasteiger partial charge in [0.25, 0.3) is 0 Å². The van der Waals surface area contributed by atoms with Crippen LogP contribution in [0.15, 0.2) is 36.5 Å². The predicted molar refractivity (Wildman–Crippen MR) is 88.0 cm³/mol. The quantitative estimate of drug-likeness (QED) is 0.796. The van der Waals surface area contributed by atoms with E-state index in [-0.39, 0.29) is 11.1 Å². The molecule has 118 valence electrons. The molecule has 1 unspecified atom stereocenters. The van der Waals surface area contributed by atoms with E-state index >= 15 is 0 Å². The molecule has 3 heterocycles. The van der Waals surface area contributed by atoms with Crippen LogP contribution < -0.4 is 5.32 Å². The zero-order chi connectivity index (χ0) is 15.8. The molecule has 23 heavy (non-hydrogen) atoms. The van der Waals surface area contributed by atoms with Crippen molar-refractivity contribution in [2.45, 2.75) is 25.4 Å². The summed E-state index contributed by atoms with van der Waals surface area (Å²) in [4.78, 5) is 9.24. The van der Waals surface area contributed by atoms with E-state index in [0.717, 1.165) is 41.9 Å². The van der Waals surface area contributed by atoms with Crippen molar-refractivity contribution in [3.05, 3.63) is 58.8 Å². The van der Waals surface area contributed by atoms with Crippen molar-refractivity contribution < 1.29 is 4.39 Å². The average molecular weight is 331 g/mol. The van der Waals surface area contributed by atoms with E-state index < -0.39 is 5.82 Å². The van der Waals surface area contributed by atoms with Crippen molar-refractivity contribution in [2.75, 3.05) is 6.54 Å². The average Bonchev–Trinajstić information content (AvgIpc) is 3.19. The van der Waals surface area contributed by atoms with E-state index in [1.807, 2.05) is 12.1 Å². The number of imidazole rings is 1. The third-order valence-corrected chi connectivity index (χ3v) is 4.52. The van der Waals surface area contributed by atoms with Gasteiger partial charge >= 0.3 is 0 Å². The Balaban J connectivity index is 1.80. The Morgan fingerprint density at radius 1 is 1.35 bits per heavy atom. The van der Waals surface area contributed by atoms with Crippen molar-refractivity contribution in [2.24, 2.45) is 0 Å². The summed E-state index contributed by atoms with van der Waals surface area (Å²) >= 11 is 5.91. The fourth-order valence-corrected chi connectivity index (χ4v) is 3.33. The molecule has 2 aromatic heterocycles. The van der Waals surface area contributed by atoms with Crippen LogP contribution in [0.4, 0.5) is 4.39 Å². The topological polar surface area (TPSA) is 42.7 Å². The number of nitrogens with one attached hydrogen (secondary N) is 1. The number of nitrogens with zero attached hydrogens (tertiary/aromatic N) is 3. The highest BCUT2D eigenvalue weighted by Crippen LogP contribution is 2.27. The molecular formula is C17H16ClFN4. The minimum atomic E-state index is -0.401. The molecule has 0 amide bonds. The molecule has 0 radical (unpaired) electrons. The highest BCUT2D eigenvalue weighted by atomic mass is 35.5. The van der Waals surface area contributed by atoms with Crippen molar-refractivity contribution >= 4 is 22.8 Å². The lowest BCUT2D eigenvalue weighted by Crippen LogP contribution is -2.18. The summed E-state index contributed by atoms with van der Waals surface area (Å²) in [5.74, 6) is 0.582. The van der Waals surface area contributed by atoms with Crippen LogP contribution in [0.5, 0.6) is 0 Å². The van der Waals surface area contributed by atoms with E-state index in [4.69, 9.17) is 16.6 Å². The molecule has 0 spiro atoms. The van der Waals surface area contributed by atoms with Gasteiger partial charge in [0, 0.05) is 6.20 Å². The van der Waals surface area contributed by atoms with Gasteiger partial charge in [-0.15, -0.1) is 0 Å². The zero-order valence-electron chi connectivity index (χ0n) is 12.5. The molecule has 1 saturated heterocycles. The van der Waals surface area contributed by atoms with Crippen LogP contribution in [0.3, 0.4) is 0 Å². The van der Waals surface area contributed by atoms with Gasteiger partial charge in [-0.3, -0.25) is 0 Å². The van der Waals surface area contributed by atoms with Crippen LogP contribution in [-0.4, -0.2) is 21.1 Å². The summed E-state index contributed by atoms with van der Waals surface area (Å²) in [6.45, 7) is 1.57. The summed E-state index contributed by atoms with van der Waals surface area (Å²) in [5, 5.41) is 3.62. The van der Waals surface area contributed by atoms with Crippen LogP contribution >= 0.6 is 11.6 Å². The molecule has 0 aliphatic carbocycles. The number of halogens is 2. The fraction of sp³-hybridized carbons (Fsp3) is 0.294. The number of fused-ring (bicyclic) bond motifs is 1. The lowest BCUT2D eigenvalue weighted by atomic mass is 10.2. The molecule has 4 nitrogen and oxygen atoms in total. The maximum atomic E-state index is 13.4. The molecule has 3 aromatic rings. The van der Waals surface area contributed by atoms with Gasteiger partial charge in [0.05, 0.1) is 17.6 Å². The largest absolute Gasteiger partial charge is 0.307 e. The number of aromatic nitrogens is 3. The summed E-state index contributed by atoms with van der Waals surface area (Å²) in [6.07, 6.45) is 3.97. The van der Waals surface area contributed by atoms with Gasteiger partial charge in [-0.05, 0) is 49.2 Å². The van der Waals surface area contributed by atoms with Crippen LogP contribution in [-0.2, 0) is 6.54 Å². The smallest absolute Gasteiger partial charge is 0.160 e. The Bertz CT molecular complexity index is 855. The number of rotatable bonds is 3. The molecule has 1 fully saturated rings. The van der Waals surface area contributed by atoms with E-state index in [2.05, 4.69) is 14.9 Å². The molecule has 1 aliphatic heterocycles. The summed E-state index contributed by atoms with van der Waals surface area (Å²) in [5.41, 5.74) is 2.65. The first-order chi connectivity index (χ1) is 11.2. The first-order valence-corrected chi connectivity index (χ1v) is 8.08. The summed E-state index contributed by atoms with van der Waals surface area (Å²) < 4.78 is 15.5. The molecule has 6 heteroatoms. The van der Waals surface area contributed by atoms with Gasteiger partial charge in [-0.1, -0.05) is 17.7 Å². The Morgan fingerprint density at radius 3 is 3.04 bits per heavy atom. The molecule has 1 atom stereocenters. The fourth-order valence-electron chi connectivity index (χ4n) is 3.12. The van der Waals surface area contributed by atoms with E-state index in [9.17, 15) is 4.39 Å². The van der Waals surface area contributed by atoms with Crippen LogP contribution in [0.1, 0.15) is 30.3 Å². The maximum Gasteiger partial charge on any atom is 0.160 e. The Morgan fingerprint density at radius 2 is 2.26 bits per heavy atom. The van der Waals surface area contributed by atoms with Gasteiger partial charge < -0.3 is 9.88 Å². The van der Waals surface area contributed by atoms with Crippen LogP contribution in [0.2, 0.25) is 5.02 Å². The minimum absolute atomic E-state index is 0.139. The Kier molecular flexibility index (Phi) is 3.75. The van der Waals surface area contributed by atoms with Crippen molar-refractivity contribution in [3.8, 4) is 0 Å².